The highest BCUT2D eigenvalue weighted by molar-refractivity contribution is 9.10. The molecule has 0 aliphatic heterocycles. The summed E-state index contributed by atoms with van der Waals surface area (Å²) in [5.74, 6) is -1.64. The lowest BCUT2D eigenvalue weighted by Gasteiger charge is -2.17. The van der Waals surface area contributed by atoms with Crippen molar-refractivity contribution < 1.29 is 23.6 Å². The predicted octanol–water partition coefficient (Wildman–Crippen LogP) is 3.61. The van der Waals surface area contributed by atoms with Gasteiger partial charge in [0.2, 0.25) is 5.75 Å². The van der Waals surface area contributed by atoms with Crippen LogP contribution in [0.1, 0.15) is 26.7 Å². The molecule has 0 fully saturated rings. The molecule has 0 aromatic heterocycles. The Kier molecular flexibility index (Phi) is 6.54. The predicted molar refractivity (Wildman–Crippen MR) is 76.7 cm³/mol. The van der Waals surface area contributed by atoms with E-state index < -0.39 is 28.5 Å². The van der Waals surface area contributed by atoms with Gasteiger partial charge in [-0.05, 0) is 29.3 Å². The number of ether oxygens (including phenoxy) is 2. The maximum Gasteiger partial charge on any atom is 0.347 e. The van der Waals surface area contributed by atoms with Crippen molar-refractivity contribution in [3.63, 3.8) is 0 Å². The highest BCUT2D eigenvalue weighted by Crippen LogP contribution is 2.33. The lowest BCUT2D eigenvalue weighted by atomic mass is 10.2. The average molecular weight is 364 g/mol. The zero-order chi connectivity index (χ0) is 16.0. The van der Waals surface area contributed by atoms with Gasteiger partial charge in [0.25, 0.3) is 0 Å². The summed E-state index contributed by atoms with van der Waals surface area (Å²) in [5, 5.41) is 11.0. The highest BCUT2D eigenvalue weighted by atomic mass is 79.9. The summed E-state index contributed by atoms with van der Waals surface area (Å²) in [6, 6.07) is 1.88. The van der Waals surface area contributed by atoms with Crippen molar-refractivity contribution >= 4 is 27.6 Å². The summed E-state index contributed by atoms with van der Waals surface area (Å²) >= 11 is 2.87. The third-order valence-electron chi connectivity index (χ3n) is 2.57. The average Bonchev–Trinajstić information content (AvgIpc) is 2.42. The number of carbonyl (C=O) groups excluding carboxylic acids is 1. The minimum atomic E-state index is -1.01. The molecular weight excluding hydrogens is 349 g/mol. The Labute approximate surface area is 129 Å². The van der Waals surface area contributed by atoms with Crippen LogP contribution < -0.4 is 4.74 Å². The number of nitrogens with zero attached hydrogens (tertiary/aromatic N) is 1. The van der Waals surface area contributed by atoms with Crippen LogP contribution in [-0.4, -0.2) is 23.6 Å². The van der Waals surface area contributed by atoms with E-state index in [9.17, 15) is 19.3 Å². The SMILES string of the molecule is CCCC(Oc1cc(F)c(Br)cc1[N+](=O)[O-])C(=O)OCC. The van der Waals surface area contributed by atoms with Crippen molar-refractivity contribution in [2.45, 2.75) is 32.8 Å². The van der Waals surface area contributed by atoms with Gasteiger partial charge in [-0.1, -0.05) is 13.3 Å². The van der Waals surface area contributed by atoms with Crippen molar-refractivity contribution in [1.82, 2.24) is 0 Å². The van der Waals surface area contributed by atoms with Crippen LogP contribution >= 0.6 is 15.9 Å². The third kappa shape index (κ3) is 4.66. The minimum Gasteiger partial charge on any atom is -0.471 e. The van der Waals surface area contributed by atoms with Crippen molar-refractivity contribution in [3.8, 4) is 5.75 Å². The number of hydrogen-bond donors (Lipinski definition) is 0. The molecule has 1 aromatic carbocycles. The molecule has 0 saturated heterocycles. The molecule has 0 aliphatic carbocycles. The summed E-state index contributed by atoms with van der Waals surface area (Å²) < 4.78 is 23.7. The van der Waals surface area contributed by atoms with Gasteiger partial charge in [0.1, 0.15) is 5.82 Å². The number of nitro benzene ring substituents is 1. The second kappa shape index (κ2) is 7.92. The molecule has 0 N–H and O–H groups in total. The number of carbonyl (C=O) groups is 1. The second-order valence-corrected chi connectivity index (χ2v) is 4.99. The van der Waals surface area contributed by atoms with E-state index in [1.54, 1.807) is 6.92 Å². The molecule has 1 atom stereocenters. The molecule has 1 rings (SSSR count). The van der Waals surface area contributed by atoms with E-state index in [0.29, 0.717) is 12.8 Å². The molecular formula is C13H15BrFNO5. The smallest absolute Gasteiger partial charge is 0.347 e. The molecule has 0 bridgehead atoms. The molecule has 0 spiro atoms. The van der Waals surface area contributed by atoms with Gasteiger partial charge in [0.15, 0.2) is 6.10 Å². The number of nitro groups is 1. The zero-order valence-corrected chi connectivity index (χ0v) is 13.2. The van der Waals surface area contributed by atoms with Crippen molar-refractivity contribution in [2.24, 2.45) is 0 Å². The van der Waals surface area contributed by atoms with Crippen LogP contribution in [0.4, 0.5) is 10.1 Å². The lowest BCUT2D eigenvalue weighted by molar-refractivity contribution is -0.386. The zero-order valence-electron chi connectivity index (χ0n) is 11.6. The maximum atomic E-state index is 13.5. The molecule has 21 heavy (non-hydrogen) atoms. The monoisotopic (exact) mass is 363 g/mol. The normalized spacial score (nSPS) is 11.8. The standard InChI is InChI=1S/C13H15BrFNO5/c1-3-5-11(13(17)20-4-2)21-12-7-9(15)8(14)6-10(12)16(18)19/h6-7,11H,3-5H2,1-2H3. The fourth-order valence-electron chi connectivity index (χ4n) is 1.63. The van der Waals surface area contributed by atoms with Gasteiger partial charge in [-0.25, -0.2) is 9.18 Å². The van der Waals surface area contributed by atoms with Crippen LogP contribution in [0, 0.1) is 15.9 Å². The molecule has 0 radical (unpaired) electrons. The molecule has 0 aliphatic rings. The first-order valence-electron chi connectivity index (χ1n) is 6.37. The fourth-order valence-corrected chi connectivity index (χ4v) is 1.96. The van der Waals surface area contributed by atoms with Gasteiger partial charge >= 0.3 is 11.7 Å². The molecule has 0 saturated carbocycles. The number of rotatable bonds is 7. The van der Waals surface area contributed by atoms with E-state index in [2.05, 4.69) is 15.9 Å². The summed E-state index contributed by atoms with van der Waals surface area (Å²) in [7, 11) is 0. The van der Waals surface area contributed by atoms with E-state index in [0.717, 1.165) is 12.1 Å². The van der Waals surface area contributed by atoms with Crippen LogP contribution in [0.5, 0.6) is 5.75 Å². The van der Waals surface area contributed by atoms with Gasteiger partial charge in [-0.3, -0.25) is 10.1 Å². The minimum absolute atomic E-state index is 0.0512. The second-order valence-electron chi connectivity index (χ2n) is 4.14. The summed E-state index contributed by atoms with van der Waals surface area (Å²) in [6.07, 6.45) is -0.0848. The number of esters is 1. The summed E-state index contributed by atoms with van der Waals surface area (Å²) in [4.78, 5) is 22.0. The van der Waals surface area contributed by atoms with Gasteiger partial charge in [0.05, 0.1) is 16.0 Å². The molecule has 0 heterocycles. The molecule has 6 nitrogen and oxygen atoms in total. The Balaban J connectivity index is 3.10. The van der Waals surface area contributed by atoms with E-state index in [1.165, 1.54) is 0 Å². The van der Waals surface area contributed by atoms with Crippen molar-refractivity contribution in [2.75, 3.05) is 6.61 Å². The Morgan fingerprint density at radius 3 is 2.67 bits per heavy atom. The fraction of sp³-hybridized carbons (Fsp3) is 0.462. The van der Waals surface area contributed by atoms with E-state index in [-0.39, 0.29) is 16.8 Å². The molecule has 0 amide bonds. The largest absolute Gasteiger partial charge is 0.471 e. The first-order valence-corrected chi connectivity index (χ1v) is 7.16. The number of halogens is 2. The molecule has 116 valence electrons. The first-order chi connectivity index (χ1) is 9.90. The Bertz CT molecular complexity index is 538. The van der Waals surface area contributed by atoms with Crippen LogP contribution in [0.2, 0.25) is 0 Å². The Morgan fingerprint density at radius 1 is 1.48 bits per heavy atom. The summed E-state index contributed by atoms with van der Waals surface area (Å²) in [5.41, 5.74) is -0.423. The van der Waals surface area contributed by atoms with E-state index in [4.69, 9.17) is 9.47 Å². The number of benzene rings is 1. The van der Waals surface area contributed by atoms with Crippen LogP contribution in [0.3, 0.4) is 0 Å². The molecule has 1 unspecified atom stereocenters. The topological polar surface area (TPSA) is 78.7 Å². The van der Waals surface area contributed by atoms with Gasteiger partial charge < -0.3 is 9.47 Å². The van der Waals surface area contributed by atoms with Crippen LogP contribution in [0.25, 0.3) is 0 Å². The molecule has 1 aromatic rings. The number of hydrogen-bond acceptors (Lipinski definition) is 5. The van der Waals surface area contributed by atoms with E-state index >= 15 is 0 Å². The van der Waals surface area contributed by atoms with Crippen LogP contribution in [0.15, 0.2) is 16.6 Å². The molecule has 8 heteroatoms. The Morgan fingerprint density at radius 2 is 2.14 bits per heavy atom. The van der Waals surface area contributed by atoms with Crippen molar-refractivity contribution in [1.29, 1.82) is 0 Å². The summed E-state index contributed by atoms with van der Waals surface area (Å²) in [6.45, 7) is 3.63. The lowest BCUT2D eigenvalue weighted by Crippen LogP contribution is -2.29. The van der Waals surface area contributed by atoms with Gasteiger partial charge in [-0.15, -0.1) is 0 Å². The Hall–Kier alpha value is -1.70. The maximum absolute atomic E-state index is 13.5. The van der Waals surface area contributed by atoms with Gasteiger partial charge in [-0.2, -0.15) is 0 Å². The highest BCUT2D eigenvalue weighted by Gasteiger charge is 2.26. The van der Waals surface area contributed by atoms with E-state index in [1.807, 2.05) is 6.92 Å². The first kappa shape index (κ1) is 17.4. The van der Waals surface area contributed by atoms with Crippen molar-refractivity contribution in [3.05, 3.63) is 32.5 Å². The third-order valence-corrected chi connectivity index (χ3v) is 3.18. The quantitative estimate of drug-likeness (QED) is 0.420. The van der Waals surface area contributed by atoms with Crippen LogP contribution in [-0.2, 0) is 9.53 Å². The van der Waals surface area contributed by atoms with Gasteiger partial charge in [0, 0.05) is 12.1 Å².